The van der Waals surface area contributed by atoms with E-state index in [0.717, 1.165) is 5.56 Å². The number of benzene rings is 2. The van der Waals surface area contributed by atoms with Crippen molar-refractivity contribution in [2.75, 3.05) is 12.4 Å². The second-order valence-corrected chi connectivity index (χ2v) is 6.85. The number of hydrogen-bond donors (Lipinski definition) is 2. The Balaban J connectivity index is 1.63. The maximum atomic E-state index is 12.6. The van der Waals surface area contributed by atoms with Gasteiger partial charge in [-0.2, -0.15) is 0 Å². The zero-order chi connectivity index (χ0) is 19.4. The Morgan fingerprint density at radius 1 is 1.07 bits per heavy atom. The number of anilines is 1. The molecule has 0 bridgehead atoms. The van der Waals surface area contributed by atoms with Crippen molar-refractivity contribution in [3.63, 3.8) is 0 Å². The van der Waals surface area contributed by atoms with Crippen LogP contribution < -0.4 is 10.6 Å². The number of esters is 1. The number of amides is 2. The lowest BCUT2D eigenvalue weighted by molar-refractivity contribution is -0.134. The Morgan fingerprint density at radius 3 is 2.41 bits per heavy atom. The van der Waals surface area contributed by atoms with Crippen molar-refractivity contribution >= 4 is 35.1 Å². The molecule has 0 aromatic heterocycles. The Labute approximate surface area is 161 Å². The summed E-state index contributed by atoms with van der Waals surface area (Å²) >= 11 is 5.85. The van der Waals surface area contributed by atoms with E-state index in [9.17, 15) is 14.4 Å². The highest BCUT2D eigenvalue weighted by Crippen LogP contribution is 2.47. The molecule has 0 atom stereocenters. The number of methoxy groups -OCH3 is 1. The van der Waals surface area contributed by atoms with Crippen LogP contribution >= 0.6 is 11.6 Å². The third-order valence-corrected chi connectivity index (χ3v) is 4.78. The monoisotopic (exact) mass is 386 g/mol. The molecule has 1 fully saturated rings. The van der Waals surface area contributed by atoms with Gasteiger partial charge in [0.15, 0.2) is 0 Å². The molecule has 6 nitrogen and oxygen atoms in total. The summed E-state index contributed by atoms with van der Waals surface area (Å²) in [4.78, 5) is 36.8. The van der Waals surface area contributed by atoms with Crippen molar-refractivity contribution in [3.05, 3.63) is 64.7 Å². The molecule has 0 spiro atoms. The first-order valence-electron chi connectivity index (χ1n) is 8.47. The highest BCUT2D eigenvalue weighted by atomic mass is 35.5. The zero-order valence-corrected chi connectivity index (χ0v) is 15.5. The normalized spacial score (nSPS) is 14.1. The smallest absolute Gasteiger partial charge is 0.337 e. The van der Waals surface area contributed by atoms with Crippen molar-refractivity contribution in [2.24, 2.45) is 5.41 Å². The molecular weight excluding hydrogens is 368 g/mol. The summed E-state index contributed by atoms with van der Waals surface area (Å²) in [5, 5.41) is 6.16. The zero-order valence-electron chi connectivity index (χ0n) is 14.8. The van der Waals surface area contributed by atoms with Crippen LogP contribution in [0.4, 0.5) is 5.69 Å². The predicted molar refractivity (Wildman–Crippen MR) is 101 cm³/mol. The van der Waals surface area contributed by atoms with Crippen molar-refractivity contribution < 1.29 is 19.1 Å². The van der Waals surface area contributed by atoms with Crippen LogP contribution in [0.2, 0.25) is 5.02 Å². The first-order chi connectivity index (χ1) is 12.9. The maximum Gasteiger partial charge on any atom is 0.337 e. The Bertz CT molecular complexity index is 876. The molecule has 0 saturated heterocycles. The van der Waals surface area contributed by atoms with Gasteiger partial charge in [-0.1, -0.05) is 29.8 Å². The van der Waals surface area contributed by atoms with Gasteiger partial charge in [0.05, 0.1) is 12.7 Å². The number of rotatable bonds is 6. The molecule has 2 aromatic carbocycles. The second-order valence-electron chi connectivity index (χ2n) is 6.42. The van der Waals surface area contributed by atoms with Crippen molar-refractivity contribution in [1.29, 1.82) is 0 Å². The predicted octanol–water partition coefficient (Wildman–Crippen LogP) is 3.16. The molecule has 0 heterocycles. The van der Waals surface area contributed by atoms with E-state index in [1.807, 2.05) is 12.1 Å². The second kappa shape index (κ2) is 7.80. The Morgan fingerprint density at radius 2 is 1.78 bits per heavy atom. The number of carbonyl (C=O) groups excluding carboxylic acids is 3. The largest absolute Gasteiger partial charge is 0.465 e. The van der Waals surface area contributed by atoms with E-state index in [1.54, 1.807) is 30.3 Å². The molecule has 2 aromatic rings. The van der Waals surface area contributed by atoms with Gasteiger partial charge in [0, 0.05) is 17.3 Å². The molecule has 1 saturated carbocycles. The van der Waals surface area contributed by atoms with Crippen LogP contribution in [0.3, 0.4) is 0 Å². The Hall–Kier alpha value is -2.86. The van der Waals surface area contributed by atoms with E-state index in [-0.39, 0.29) is 11.8 Å². The van der Waals surface area contributed by atoms with Gasteiger partial charge in [-0.05, 0) is 48.7 Å². The molecule has 140 valence electrons. The lowest BCUT2D eigenvalue weighted by Crippen LogP contribution is -2.39. The summed E-state index contributed by atoms with van der Waals surface area (Å²) in [6.45, 7) is 0.322. The fourth-order valence-corrected chi connectivity index (χ4v) is 2.85. The lowest BCUT2D eigenvalue weighted by atomic mass is 10.0. The first-order valence-corrected chi connectivity index (χ1v) is 8.85. The molecular formula is C20H19ClN2O4. The van der Waals surface area contributed by atoms with Gasteiger partial charge in [-0.3, -0.25) is 9.59 Å². The van der Waals surface area contributed by atoms with Gasteiger partial charge in [0.1, 0.15) is 5.41 Å². The SMILES string of the molecule is COC(=O)c1cccc(NC(=O)C2(C(=O)NCc3ccc(Cl)cc3)CC2)c1. The third kappa shape index (κ3) is 4.28. The van der Waals surface area contributed by atoms with Crippen molar-refractivity contribution in [2.45, 2.75) is 19.4 Å². The van der Waals surface area contributed by atoms with Crippen LogP contribution in [-0.4, -0.2) is 24.9 Å². The first kappa shape index (κ1) is 18.9. The molecule has 3 rings (SSSR count). The molecule has 1 aliphatic rings. The maximum absolute atomic E-state index is 12.6. The minimum absolute atomic E-state index is 0.306. The average Bonchev–Trinajstić information content (AvgIpc) is 3.49. The van der Waals surface area contributed by atoms with Crippen LogP contribution in [0.1, 0.15) is 28.8 Å². The van der Waals surface area contributed by atoms with Gasteiger partial charge in [-0.15, -0.1) is 0 Å². The van der Waals surface area contributed by atoms with E-state index in [0.29, 0.717) is 35.7 Å². The molecule has 0 unspecified atom stereocenters. The van der Waals surface area contributed by atoms with Gasteiger partial charge < -0.3 is 15.4 Å². The van der Waals surface area contributed by atoms with Crippen LogP contribution in [0.15, 0.2) is 48.5 Å². The van der Waals surface area contributed by atoms with E-state index in [2.05, 4.69) is 15.4 Å². The van der Waals surface area contributed by atoms with Crippen molar-refractivity contribution in [1.82, 2.24) is 5.32 Å². The molecule has 2 N–H and O–H groups in total. The fourth-order valence-electron chi connectivity index (χ4n) is 2.73. The third-order valence-electron chi connectivity index (χ3n) is 4.53. The average molecular weight is 387 g/mol. The molecule has 27 heavy (non-hydrogen) atoms. The van der Waals surface area contributed by atoms with Gasteiger partial charge in [0.2, 0.25) is 11.8 Å². The fraction of sp³-hybridized carbons (Fsp3) is 0.250. The van der Waals surface area contributed by atoms with E-state index in [4.69, 9.17) is 11.6 Å². The van der Waals surface area contributed by atoms with Gasteiger partial charge >= 0.3 is 5.97 Å². The summed E-state index contributed by atoms with van der Waals surface area (Å²) in [6, 6.07) is 13.5. The molecule has 7 heteroatoms. The molecule has 0 radical (unpaired) electrons. The van der Waals surface area contributed by atoms with E-state index >= 15 is 0 Å². The summed E-state index contributed by atoms with van der Waals surface area (Å²) in [6.07, 6.45) is 0.976. The number of carbonyl (C=O) groups is 3. The van der Waals surface area contributed by atoms with Crippen molar-refractivity contribution in [3.8, 4) is 0 Å². The van der Waals surface area contributed by atoms with E-state index < -0.39 is 11.4 Å². The highest BCUT2D eigenvalue weighted by Gasteiger charge is 2.56. The van der Waals surface area contributed by atoms with Crippen LogP contribution in [0.25, 0.3) is 0 Å². The summed E-state index contributed by atoms with van der Waals surface area (Å²) < 4.78 is 4.67. The van der Waals surface area contributed by atoms with Gasteiger partial charge in [0.25, 0.3) is 0 Å². The summed E-state index contributed by atoms with van der Waals surface area (Å²) in [5.74, 6) is -1.18. The Kier molecular flexibility index (Phi) is 5.46. The topological polar surface area (TPSA) is 84.5 Å². The number of nitrogens with one attached hydrogen (secondary N) is 2. The van der Waals surface area contributed by atoms with E-state index in [1.165, 1.54) is 13.2 Å². The quantitative estimate of drug-likeness (QED) is 0.590. The molecule has 1 aliphatic carbocycles. The van der Waals surface area contributed by atoms with Crippen LogP contribution in [-0.2, 0) is 20.9 Å². The standard InChI is InChI=1S/C20H19ClN2O4/c1-27-17(24)14-3-2-4-16(11-14)23-19(26)20(9-10-20)18(25)22-12-13-5-7-15(21)8-6-13/h2-8,11H,9-10,12H2,1H3,(H,22,25)(H,23,26). The van der Waals surface area contributed by atoms with Gasteiger partial charge in [-0.25, -0.2) is 4.79 Å². The van der Waals surface area contributed by atoms with Crippen LogP contribution in [0, 0.1) is 5.41 Å². The minimum atomic E-state index is -1.06. The number of halogens is 1. The number of ether oxygens (including phenoxy) is 1. The number of hydrogen-bond acceptors (Lipinski definition) is 4. The molecule has 2 amide bonds. The lowest BCUT2D eigenvalue weighted by Gasteiger charge is -2.16. The summed E-state index contributed by atoms with van der Waals surface area (Å²) in [7, 11) is 1.29. The highest BCUT2D eigenvalue weighted by molar-refractivity contribution is 6.30. The molecule has 0 aliphatic heterocycles. The summed E-state index contributed by atoms with van der Waals surface area (Å²) in [5.41, 5.74) is 0.606. The van der Waals surface area contributed by atoms with Crippen LogP contribution in [0.5, 0.6) is 0 Å². The minimum Gasteiger partial charge on any atom is -0.465 e.